The maximum absolute atomic E-state index is 13.4. The highest BCUT2D eigenvalue weighted by Crippen LogP contribution is 2.31. The van der Waals surface area contributed by atoms with Crippen LogP contribution in [0.1, 0.15) is 39.0 Å². The molecule has 3 aromatic rings. The third-order valence-corrected chi connectivity index (χ3v) is 7.26. The van der Waals surface area contributed by atoms with Crippen LogP contribution in [0, 0.1) is 0 Å². The van der Waals surface area contributed by atoms with E-state index in [0.717, 1.165) is 19.3 Å². The zero-order valence-corrected chi connectivity index (χ0v) is 21.2. The summed E-state index contributed by atoms with van der Waals surface area (Å²) >= 11 is 1.30. The second-order valence-electron chi connectivity index (χ2n) is 8.55. The molecule has 1 amide bonds. The first-order valence-corrected chi connectivity index (χ1v) is 12.7. The monoisotopic (exact) mass is 493 g/mol. The van der Waals surface area contributed by atoms with Crippen LogP contribution in [0.3, 0.4) is 0 Å². The van der Waals surface area contributed by atoms with Crippen LogP contribution in [0.2, 0.25) is 0 Å². The number of amides is 1. The van der Waals surface area contributed by atoms with E-state index in [2.05, 4.69) is 11.4 Å². The molecule has 0 fully saturated rings. The van der Waals surface area contributed by atoms with Gasteiger partial charge in [-0.25, -0.2) is 4.98 Å². The van der Waals surface area contributed by atoms with Crippen molar-refractivity contribution >= 4 is 34.3 Å². The lowest BCUT2D eigenvalue weighted by Crippen LogP contribution is -2.27. The lowest BCUT2D eigenvalue weighted by atomic mass is 9.97. The van der Waals surface area contributed by atoms with E-state index < -0.39 is 5.25 Å². The van der Waals surface area contributed by atoms with Gasteiger partial charge in [0.15, 0.2) is 16.7 Å². The minimum Gasteiger partial charge on any atom is -0.493 e. The number of fused-ring (bicyclic) bond motifs is 1. The summed E-state index contributed by atoms with van der Waals surface area (Å²) in [6.07, 6.45) is 7.74. The second kappa shape index (κ2) is 11.4. The third-order valence-electron chi connectivity index (χ3n) is 6.17. The van der Waals surface area contributed by atoms with Gasteiger partial charge < -0.3 is 14.8 Å². The van der Waals surface area contributed by atoms with Crippen LogP contribution in [-0.2, 0) is 11.3 Å². The Morgan fingerprint density at radius 3 is 2.69 bits per heavy atom. The lowest BCUT2D eigenvalue weighted by Gasteiger charge is -2.18. The second-order valence-corrected chi connectivity index (χ2v) is 9.85. The Morgan fingerprint density at radius 1 is 1.14 bits per heavy atom. The van der Waals surface area contributed by atoms with Crippen LogP contribution in [-0.4, -0.2) is 34.9 Å². The summed E-state index contributed by atoms with van der Waals surface area (Å²) in [5.41, 5.74) is 2.57. The molecule has 8 heteroatoms. The number of nitrogens with zero attached hydrogens (tertiary/aromatic N) is 2. The molecule has 1 aliphatic rings. The molecule has 1 atom stereocenters. The molecule has 4 rings (SSSR count). The van der Waals surface area contributed by atoms with Crippen molar-refractivity contribution in [2.24, 2.45) is 0 Å². The summed E-state index contributed by atoms with van der Waals surface area (Å²) in [5, 5.41) is 3.60. The van der Waals surface area contributed by atoms with Gasteiger partial charge in [0.2, 0.25) is 5.91 Å². The summed E-state index contributed by atoms with van der Waals surface area (Å²) < 4.78 is 12.3. The van der Waals surface area contributed by atoms with Gasteiger partial charge in [0.1, 0.15) is 0 Å². The van der Waals surface area contributed by atoms with E-state index in [1.165, 1.54) is 30.2 Å². The number of para-hydroxylation sites is 1. The van der Waals surface area contributed by atoms with Crippen molar-refractivity contribution in [3.63, 3.8) is 0 Å². The average Bonchev–Trinajstić information content (AvgIpc) is 2.89. The lowest BCUT2D eigenvalue weighted by molar-refractivity contribution is -0.115. The predicted octanol–water partition coefficient (Wildman–Crippen LogP) is 5.42. The van der Waals surface area contributed by atoms with Gasteiger partial charge in [-0.15, -0.1) is 0 Å². The SMILES string of the molecule is COc1ccc(NC(=O)C(C)Sc2nc3ccccc3c(=O)n2CCC2=CCCCC2)cc1OC. The highest BCUT2D eigenvalue weighted by Gasteiger charge is 2.20. The number of rotatable bonds is 9. The maximum atomic E-state index is 13.4. The minimum atomic E-state index is -0.476. The number of ether oxygens (including phenoxy) is 2. The fourth-order valence-corrected chi connectivity index (χ4v) is 5.13. The van der Waals surface area contributed by atoms with Crippen molar-refractivity contribution in [2.45, 2.75) is 56.0 Å². The van der Waals surface area contributed by atoms with Gasteiger partial charge in [-0.2, -0.15) is 0 Å². The van der Waals surface area contributed by atoms with Crippen LogP contribution >= 0.6 is 11.8 Å². The Balaban J connectivity index is 1.56. The number of benzene rings is 2. The molecule has 0 radical (unpaired) electrons. The average molecular weight is 494 g/mol. The van der Waals surface area contributed by atoms with E-state index in [1.54, 1.807) is 37.0 Å². The molecule has 2 aromatic carbocycles. The van der Waals surface area contributed by atoms with Crippen molar-refractivity contribution < 1.29 is 14.3 Å². The molecule has 1 aliphatic carbocycles. The Labute approximate surface area is 209 Å². The van der Waals surface area contributed by atoms with Crippen LogP contribution < -0.4 is 20.3 Å². The quantitative estimate of drug-likeness (QED) is 0.243. The molecule has 1 unspecified atom stereocenters. The number of carbonyl (C=O) groups excluding carboxylic acids is 1. The molecule has 1 N–H and O–H groups in total. The zero-order chi connectivity index (χ0) is 24.8. The number of nitrogens with one attached hydrogen (secondary N) is 1. The van der Waals surface area contributed by atoms with Crippen molar-refractivity contribution in [1.29, 1.82) is 0 Å². The van der Waals surface area contributed by atoms with E-state index in [-0.39, 0.29) is 11.5 Å². The maximum Gasteiger partial charge on any atom is 0.262 e. The number of carbonyl (C=O) groups is 1. The van der Waals surface area contributed by atoms with Gasteiger partial charge in [-0.1, -0.05) is 35.5 Å². The smallest absolute Gasteiger partial charge is 0.262 e. The summed E-state index contributed by atoms with van der Waals surface area (Å²) in [6, 6.07) is 12.6. The Hall–Kier alpha value is -3.26. The number of methoxy groups -OCH3 is 2. The first-order chi connectivity index (χ1) is 17.0. The topological polar surface area (TPSA) is 82.5 Å². The van der Waals surface area contributed by atoms with Gasteiger partial charge in [0.05, 0.1) is 30.4 Å². The fraction of sp³-hybridized carbons (Fsp3) is 0.370. The number of aromatic nitrogens is 2. The Kier molecular flexibility index (Phi) is 8.13. The molecule has 0 bridgehead atoms. The summed E-state index contributed by atoms with van der Waals surface area (Å²) in [4.78, 5) is 31.1. The van der Waals surface area contributed by atoms with Crippen LogP contribution in [0.15, 0.2) is 64.1 Å². The molecule has 0 saturated carbocycles. The van der Waals surface area contributed by atoms with Crippen molar-refractivity contribution in [1.82, 2.24) is 9.55 Å². The van der Waals surface area contributed by atoms with E-state index in [4.69, 9.17) is 14.5 Å². The van der Waals surface area contributed by atoms with Crippen LogP contribution in [0.25, 0.3) is 10.9 Å². The van der Waals surface area contributed by atoms with Crippen LogP contribution in [0.4, 0.5) is 5.69 Å². The fourth-order valence-electron chi connectivity index (χ4n) is 4.19. The zero-order valence-electron chi connectivity index (χ0n) is 20.4. The molecular weight excluding hydrogens is 462 g/mol. The van der Waals surface area contributed by atoms with Crippen LogP contribution in [0.5, 0.6) is 11.5 Å². The molecule has 1 heterocycles. The number of allylic oxidation sites excluding steroid dienone is 2. The summed E-state index contributed by atoms with van der Waals surface area (Å²) in [5.74, 6) is 0.934. The molecule has 1 aromatic heterocycles. The summed E-state index contributed by atoms with van der Waals surface area (Å²) in [6.45, 7) is 2.37. The summed E-state index contributed by atoms with van der Waals surface area (Å²) in [7, 11) is 3.12. The number of hydrogen-bond acceptors (Lipinski definition) is 6. The minimum absolute atomic E-state index is 0.0676. The molecule has 184 valence electrons. The number of anilines is 1. The molecule has 0 spiro atoms. The Bertz CT molecular complexity index is 1300. The van der Waals surface area contributed by atoms with E-state index in [9.17, 15) is 9.59 Å². The van der Waals surface area contributed by atoms with Crippen molar-refractivity contribution in [3.05, 3.63) is 64.5 Å². The first kappa shape index (κ1) is 24.9. The van der Waals surface area contributed by atoms with Crippen molar-refractivity contribution in [2.75, 3.05) is 19.5 Å². The van der Waals surface area contributed by atoms with Crippen molar-refractivity contribution in [3.8, 4) is 11.5 Å². The first-order valence-electron chi connectivity index (χ1n) is 11.9. The van der Waals surface area contributed by atoms with E-state index in [0.29, 0.717) is 39.8 Å². The van der Waals surface area contributed by atoms with Gasteiger partial charge in [-0.05, 0) is 63.3 Å². The number of hydrogen-bond donors (Lipinski definition) is 1. The van der Waals surface area contributed by atoms with E-state index >= 15 is 0 Å². The molecule has 7 nitrogen and oxygen atoms in total. The largest absolute Gasteiger partial charge is 0.493 e. The Morgan fingerprint density at radius 2 is 1.94 bits per heavy atom. The molecule has 35 heavy (non-hydrogen) atoms. The third kappa shape index (κ3) is 5.88. The highest BCUT2D eigenvalue weighted by molar-refractivity contribution is 8.00. The van der Waals surface area contributed by atoms with Gasteiger partial charge in [0.25, 0.3) is 5.56 Å². The molecule has 0 saturated heterocycles. The number of thioether (sulfide) groups is 1. The van der Waals surface area contributed by atoms with Gasteiger partial charge in [-0.3, -0.25) is 14.2 Å². The standard InChI is InChI=1S/C27H31N3O4S/c1-18(25(31)28-20-13-14-23(33-2)24(17-20)34-3)35-27-29-22-12-8-7-11-21(22)26(32)30(27)16-15-19-9-5-4-6-10-19/h7-9,11-14,17-18H,4-6,10,15-16H2,1-3H3,(H,28,31). The molecular formula is C27H31N3O4S. The van der Waals surface area contributed by atoms with Gasteiger partial charge in [0, 0.05) is 18.3 Å². The predicted molar refractivity (Wildman–Crippen MR) is 141 cm³/mol. The van der Waals surface area contributed by atoms with E-state index in [1.807, 2.05) is 31.2 Å². The molecule has 0 aliphatic heterocycles. The normalized spacial score (nSPS) is 14.3. The highest BCUT2D eigenvalue weighted by atomic mass is 32.2. The van der Waals surface area contributed by atoms with Gasteiger partial charge >= 0.3 is 0 Å².